The minimum absolute atomic E-state index is 0.138. The van der Waals surface area contributed by atoms with E-state index >= 15 is 0 Å². The fourth-order valence-electron chi connectivity index (χ4n) is 2.28. The molecule has 0 fully saturated rings. The first-order valence-electron chi connectivity index (χ1n) is 6.44. The molecule has 20 heavy (non-hydrogen) atoms. The van der Waals surface area contributed by atoms with Crippen molar-refractivity contribution in [2.24, 2.45) is 5.73 Å². The average molecular weight is 308 g/mol. The van der Waals surface area contributed by atoms with Crippen LogP contribution in [0.1, 0.15) is 23.1 Å². The molecular formula is C16H18ClNOS. The topological polar surface area (TPSA) is 46.2 Å². The van der Waals surface area contributed by atoms with E-state index in [1.807, 2.05) is 54.8 Å². The van der Waals surface area contributed by atoms with Gasteiger partial charge in [0.2, 0.25) is 0 Å². The van der Waals surface area contributed by atoms with Crippen LogP contribution >= 0.6 is 23.4 Å². The Hall–Kier alpha value is -1.00. The van der Waals surface area contributed by atoms with Crippen molar-refractivity contribution in [3.05, 3.63) is 64.7 Å². The van der Waals surface area contributed by atoms with Gasteiger partial charge in [-0.15, -0.1) is 11.8 Å². The molecule has 0 saturated heterocycles. The minimum atomic E-state index is -0.621. The van der Waals surface area contributed by atoms with E-state index in [-0.39, 0.29) is 5.92 Å². The highest BCUT2D eigenvalue weighted by Crippen LogP contribution is 2.35. The lowest BCUT2D eigenvalue weighted by Crippen LogP contribution is -2.20. The first-order chi connectivity index (χ1) is 9.67. The third-order valence-corrected chi connectivity index (χ3v) is 4.45. The second-order valence-electron chi connectivity index (χ2n) is 4.58. The molecule has 106 valence electrons. The number of nitrogens with two attached hydrogens (primary N) is 1. The quantitative estimate of drug-likeness (QED) is 0.825. The highest BCUT2D eigenvalue weighted by atomic mass is 35.5. The van der Waals surface area contributed by atoms with Gasteiger partial charge < -0.3 is 10.8 Å². The van der Waals surface area contributed by atoms with Gasteiger partial charge in [0, 0.05) is 22.4 Å². The zero-order valence-electron chi connectivity index (χ0n) is 11.3. The highest BCUT2D eigenvalue weighted by molar-refractivity contribution is 7.98. The van der Waals surface area contributed by atoms with Crippen molar-refractivity contribution in [3.63, 3.8) is 0 Å². The van der Waals surface area contributed by atoms with Gasteiger partial charge in [-0.25, -0.2) is 0 Å². The lowest BCUT2D eigenvalue weighted by atomic mass is 9.89. The predicted octanol–water partition coefficient (Wildman–Crippen LogP) is 3.84. The fourth-order valence-corrected chi connectivity index (χ4v) is 3.05. The van der Waals surface area contributed by atoms with E-state index in [0.29, 0.717) is 11.6 Å². The molecule has 0 aromatic heterocycles. The van der Waals surface area contributed by atoms with Crippen molar-refractivity contribution in [2.45, 2.75) is 16.9 Å². The summed E-state index contributed by atoms with van der Waals surface area (Å²) in [4.78, 5) is 1.08. The molecule has 4 heteroatoms. The molecule has 2 rings (SSSR count). The van der Waals surface area contributed by atoms with Gasteiger partial charge >= 0.3 is 0 Å². The van der Waals surface area contributed by atoms with Crippen molar-refractivity contribution >= 4 is 23.4 Å². The second-order valence-corrected chi connectivity index (χ2v) is 5.87. The van der Waals surface area contributed by atoms with Crippen LogP contribution in [0, 0.1) is 0 Å². The number of aliphatic hydroxyl groups excluding tert-OH is 1. The number of rotatable bonds is 5. The van der Waals surface area contributed by atoms with E-state index in [1.54, 1.807) is 11.8 Å². The largest absolute Gasteiger partial charge is 0.388 e. The van der Waals surface area contributed by atoms with E-state index in [0.717, 1.165) is 16.0 Å². The summed E-state index contributed by atoms with van der Waals surface area (Å²) in [5.74, 6) is -0.138. The SMILES string of the molecule is CSc1ccccc1C(O)C(CN)c1ccc(Cl)cc1. The first kappa shape index (κ1) is 15.4. The number of thioether (sulfide) groups is 1. The highest BCUT2D eigenvalue weighted by Gasteiger charge is 2.23. The number of halogens is 1. The second kappa shape index (κ2) is 7.14. The first-order valence-corrected chi connectivity index (χ1v) is 8.04. The Balaban J connectivity index is 2.33. The summed E-state index contributed by atoms with van der Waals surface area (Å²) < 4.78 is 0. The number of hydrogen-bond acceptors (Lipinski definition) is 3. The molecule has 0 spiro atoms. The lowest BCUT2D eigenvalue weighted by Gasteiger charge is -2.24. The van der Waals surface area contributed by atoms with Crippen LogP contribution in [-0.4, -0.2) is 17.9 Å². The molecule has 3 N–H and O–H groups in total. The minimum Gasteiger partial charge on any atom is -0.388 e. The average Bonchev–Trinajstić information content (AvgIpc) is 2.49. The van der Waals surface area contributed by atoms with E-state index in [9.17, 15) is 5.11 Å². The van der Waals surface area contributed by atoms with Gasteiger partial charge in [-0.3, -0.25) is 0 Å². The molecule has 2 unspecified atom stereocenters. The van der Waals surface area contributed by atoms with Crippen LogP contribution in [0.3, 0.4) is 0 Å². The molecule has 0 aliphatic rings. The van der Waals surface area contributed by atoms with Gasteiger partial charge in [0.05, 0.1) is 6.10 Å². The van der Waals surface area contributed by atoms with Crippen LogP contribution in [0.2, 0.25) is 5.02 Å². The Bertz CT molecular complexity index is 559. The van der Waals surface area contributed by atoms with Crippen LogP contribution in [0.15, 0.2) is 53.4 Å². The predicted molar refractivity (Wildman–Crippen MR) is 86.4 cm³/mol. The molecule has 0 aliphatic heterocycles. The van der Waals surface area contributed by atoms with Gasteiger partial charge in [-0.05, 0) is 35.6 Å². The maximum Gasteiger partial charge on any atom is 0.0881 e. The summed E-state index contributed by atoms with van der Waals surface area (Å²) in [6.45, 7) is 0.380. The van der Waals surface area contributed by atoms with Crippen LogP contribution in [0.4, 0.5) is 0 Å². The summed E-state index contributed by atoms with van der Waals surface area (Å²) in [6.07, 6.45) is 1.38. The van der Waals surface area contributed by atoms with Gasteiger partial charge in [-0.2, -0.15) is 0 Å². The van der Waals surface area contributed by atoms with E-state index in [2.05, 4.69) is 0 Å². The summed E-state index contributed by atoms with van der Waals surface area (Å²) in [7, 11) is 0. The van der Waals surface area contributed by atoms with Crippen molar-refractivity contribution in [3.8, 4) is 0 Å². The van der Waals surface area contributed by atoms with Crippen molar-refractivity contribution in [2.75, 3.05) is 12.8 Å². The molecule has 0 saturated carbocycles. The zero-order chi connectivity index (χ0) is 14.5. The fraction of sp³-hybridized carbons (Fsp3) is 0.250. The summed E-state index contributed by atoms with van der Waals surface area (Å²) in [6, 6.07) is 15.4. The third-order valence-electron chi connectivity index (χ3n) is 3.39. The van der Waals surface area contributed by atoms with Gasteiger partial charge in [0.15, 0.2) is 0 Å². The molecule has 2 aromatic rings. The zero-order valence-corrected chi connectivity index (χ0v) is 12.9. The Morgan fingerprint density at radius 1 is 1.15 bits per heavy atom. The van der Waals surface area contributed by atoms with E-state index in [1.165, 1.54) is 0 Å². The number of benzene rings is 2. The lowest BCUT2D eigenvalue weighted by molar-refractivity contribution is 0.145. The molecular weight excluding hydrogens is 290 g/mol. The summed E-state index contributed by atoms with van der Waals surface area (Å²) >= 11 is 7.53. The van der Waals surface area contributed by atoms with Crippen LogP contribution in [0.5, 0.6) is 0 Å². The van der Waals surface area contributed by atoms with Crippen LogP contribution < -0.4 is 5.73 Å². The monoisotopic (exact) mass is 307 g/mol. The van der Waals surface area contributed by atoms with E-state index in [4.69, 9.17) is 17.3 Å². The van der Waals surface area contributed by atoms with Crippen molar-refractivity contribution in [1.82, 2.24) is 0 Å². The van der Waals surface area contributed by atoms with Crippen LogP contribution in [0.25, 0.3) is 0 Å². The number of hydrogen-bond donors (Lipinski definition) is 2. The summed E-state index contributed by atoms with van der Waals surface area (Å²) in [5, 5.41) is 11.4. The van der Waals surface area contributed by atoms with Gasteiger partial charge in [0.25, 0.3) is 0 Å². The van der Waals surface area contributed by atoms with Gasteiger partial charge in [0.1, 0.15) is 0 Å². The van der Waals surface area contributed by atoms with Crippen molar-refractivity contribution in [1.29, 1.82) is 0 Å². The third kappa shape index (κ3) is 3.36. The molecule has 0 bridgehead atoms. The van der Waals surface area contributed by atoms with Gasteiger partial charge in [-0.1, -0.05) is 41.9 Å². The maximum atomic E-state index is 10.7. The van der Waals surface area contributed by atoms with Crippen molar-refractivity contribution < 1.29 is 5.11 Å². The Morgan fingerprint density at radius 3 is 2.40 bits per heavy atom. The molecule has 0 amide bonds. The maximum absolute atomic E-state index is 10.7. The van der Waals surface area contributed by atoms with E-state index < -0.39 is 6.10 Å². The molecule has 0 radical (unpaired) electrons. The Kier molecular flexibility index (Phi) is 5.49. The molecule has 2 aromatic carbocycles. The molecule has 0 aliphatic carbocycles. The summed E-state index contributed by atoms with van der Waals surface area (Å²) in [5.41, 5.74) is 7.79. The van der Waals surface area contributed by atoms with Crippen LogP contribution in [-0.2, 0) is 0 Å². The Labute approximate surface area is 129 Å². The molecule has 0 heterocycles. The number of aliphatic hydroxyl groups is 1. The molecule has 2 nitrogen and oxygen atoms in total. The Morgan fingerprint density at radius 2 is 1.80 bits per heavy atom. The smallest absolute Gasteiger partial charge is 0.0881 e. The standard InChI is InChI=1S/C16H18ClNOS/c1-20-15-5-3-2-4-13(15)16(19)14(10-18)11-6-8-12(17)9-7-11/h2-9,14,16,19H,10,18H2,1H3. The molecule has 2 atom stereocenters. The normalized spacial score (nSPS) is 14.0.